The summed E-state index contributed by atoms with van der Waals surface area (Å²) < 4.78 is 43.5. The van der Waals surface area contributed by atoms with Gasteiger partial charge in [-0.2, -0.15) is 0 Å². The van der Waals surface area contributed by atoms with Crippen molar-refractivity contribution in [3.8, 4) is 0 Å². The van der Waals surface area contributed by atoms with Crippen molar-refractivity contribution >= 4 is 27.6 Å². The fraction of sp³-hybridized carbons (Fsp3) is 0.222. The minimum absolute atomic E-state index is 0.00679. The summed E-state index contributed by atoms with van der Waals surface area (Å²) in [6, 6.07) is 11.8. The number of benzene rings is 2. The number of methoxy groups -OCH3 is 1. The highest BCUT2D eigenvalue weighted by molar-refractivity contribution is 7.92. The number of sulfonamides is 1. The third-order valence-corrected chi connectivity index (χ3v) is 4.83. The molecule has 0 aliphatic heterocycles. The van der Waals surface area contributed by atoms with Crippen LogP contribution in [-0.4, -0.2) is 40.2 Å². The van der Waals surface area contributed by atoms with E-state index in [0.29, 0.717) is 0 Å². The van der Waals surface area contributed by atoms with Crippen molar-refractivity contribution in [2.24, 2.45) is 0 Å². The largest absolute Gasteiger partial charge is 0.465 e. The summed E-state index contributed by atoms with van der Waals surface area (Å²) in [4.78, 5) is 24.2. The van der Waals surface area contributed by atoms with Crippen LogP contribution >= 0.6 is 0 Å². The van der Waals surface area contributed by atoms with Crippen LogP contribution < -0.4 is 9.62 Å². The lowest BCUT2D eigenvalue weighted by Crippen LogP contribution is -2.41. The zero-order chi connectivity index (χ0) is 20.0. The van der Waals surface area contributed by atoms with Crippen LogP contribution in [0, 0.1) is 5.82 Å². The monoisotopic (exact) mass is 394 g/mol. The zero-order valence-electron chi connectivity index (χ0n) is 14.8. The molecular formula is C18H19FN2O5S. The maximum atomic E-state index is 13.6. The molecule has 0 radical (unpaired) electrons. The molecule has 0 atom stereocenters. The molecule has 2 aromatic rings. The van der Waals surface area contributed by atoms with Gasteiger partial charge < -0.3 is 10.1 Å². The van der Waals surface area contributed by atoms with Gasteiger partial charge in [-0.15, -0.1) is 0 Å². The van der Waals surface area contributed by atoms with Crippen molar-refractivity contribution < 1.29 is 27.1 Å². The van der Waals surface area contributed by atoms with Gasteiger partial charge >= 0.3 is 5.97 Å². The fourth-order valence-corrected chi connectivity index (χ4v) is 3.24. The van der Waals surface area contributed by atoms with Crippen LogP contribution in [0.1, 0.15) is 15.9 Å². The normalized spacial score (nSPS) is 10.9. The first kappa shape index (κ1) is 20.4. The van der Waals surface area contributed by atoms with Crippen LogP contribution in [-0.2, 0) is 26.1 Å². The van der Waals surface area contributed by atoms with Gasteiger partial charge in [-0.1, -0.05) is 30.3 Å². The number of halogens is 1. The van der Waals surface area contributed by atoms with Crippen molar-refractivity contribution in [3.05, 3.63) is 65.5 Å². The number of carbonyl (C=O) groups excluding carboxylic acids is 2. The summed E-state index contributed by atoms with van der Waals surface area (Å²) >= 11 is 0. The molecule has 0 aliphatic carbocycles. The number of hydrogen-bond acceptors (Lipinski definition) is 5. The maximum Gasteiger partial charge on any atom is 0.340 e. The first-order valence-corrected chi connectivity index (χ1v) is 9.74. The fourth-order valence-electron chi connectivity index (χ4n) is 2.38. The first-order chi connectivity index (χ1) is 12.7. The highest BCUT2D eigenvalue weighted by Gasteiger charge is 2.25. The molecule has 2 rings (SSSR count). The molecule has 9 heteroatoms. The minimum atomic E-state index is -3.88. The molecule has 0 unspecified atom stereocenters. The predicted molar refractivity (Wildman–Crippen MR) is 98.2 cm³/mol. The van der Waals surface area contributed by atoms with Gasteiger partial charge in [0.15, 0.2) is 0 Å². The van der Waals surface area contributed by atoms with Gasteiger partial charge in [0.05, 0.1) is 24.6 Å². The van der Waals surface area contributed by atoms with Gasteiger partial charge in [0.25, 0.3) is 0 Å². The van der Waals surface area contributed by atoms with Crippen molar-refractivity contribution in [1.82, 2.24) is 5.32 Å². The summed E-state index contributed by atoms with van der Waals surface area (Å²) in [6.45, 7) is -0.664. The standard InChI is InChI=1S/C18H19FN2O5S/c1-26-18(23)14-8-4-6-10-16(14)21(27(2,24)25)12-17(22)20-11-13-7-3-5-9-15(13)19/h3-10H,11-12H2,1-2H3,(H,20,22). The van der Waals surface area contributed by atoms with Crippen molar-refractivity contribution in [1.29, 1.82) is 0 Å². The van der Waals surface area contributed by atoms with Gasteiger partial charge in [-0.05, 0) is 18.2 Å². The lowest BCUT2D eigenvalue weighted by molar-refractivity contribution is -0.119. The maximum absolute atomic E-state index is 13.6. The zero-order valence-corrected chi connectivity index (χ0v) is 15.6. The molecule has 1 N–H and O–H groups in total. The number of ether oxygens (including phenoxy) is 1. The van der Waals surface area contributed by atoms with Crippen molar-refractivity contribution in [2.45, 2.75) is 6.54 Å². The molecule has 0 saturated heterocycles. The number of para-hydroxylation sites is 1. The van der Waals surface area contributed by atoms with E-state index in [1.54, 1.807) is 12.1 Å². The molecule has 144 valence electrons. The van der Waals surface area contributed by atoms with Gasteiger partial charge in [0, 0.05) is 12.1 Å². The Hall–Kier alpha value is -2.94. The predicted octanol–water partition coefficient (Wildman–Crippen LogP) is 1.69. The number of esters is 1. The molecule has 0 fully saturated rings. The topological polar surface area (TPSA) is 92.8 Å². The average molecular weight is 394 g/mol. The number of hydrogen-bond donors (Lipinski definition) is 1. The van der Waals surface area contributed by atoms with E-state index < -0.39 is 34.3 Å². The van der Waals surface area contributed by atoms with E-state index in [0.717, 1.165) is 10.6 Å². The molecule has 2 aromatic carbocycles. The molecule has 27 heavy (non-hydrogen) atoms. The molecular weight excluding hydrogens is 375 g/mol. The van der Waals surface area contributed by atoms with E-state index in [9.17, 15) is 22.4 Å². The number of carbonyl (C=O) groups is 2. The van der Waals surface area contributed by atoms with E-state index >= 15 is 0 Å². The Morgan fingerprint density at radius 3 is 2.37 bits per heavy atom. The number of rotatable bonds is 7. The molecule has 0 aromatic heterocycles. The van der Waals surface area contributed by atoms with Crippen LogP contribution in [0.15, 0.2) is 48.5 Å². The smallest absolute Gasteiger partial charge is 0.340 e. The Labute approximate surface area is 156 Å². The lowest BCUT2D eigenvalue weighted by Gasteiger charge is -2.23. The number of nitrogens with zero attached hydrogens (tertiary/aromatic N) is 1. The Kier molecular flexibility index (Phi) is 6.51. The van der Waals surface area contributed by atoms with Crippen LogP contribution in [0.3, 0.4) is 0 Å². The summed E-state index contributed by atoms with van der Waals surface area (Å²) in [5.41, 5.74) is 0.298. The Morgan fingerprint density at radius 1 is 1.11 bits per heavy atom. The lowest BCUT2D eigenvalue weighted by atomic mass is 10.2. The van der Waals surface area contributed by atoms with Gasteiger partial charge in [-0.3, -0.25) is 9.10 Å². The second-order valence-corrected chi connectivity index (χ2v) is 7.55. The number of anilines is 1. The van der Waals surface area contributed by atoms with Crippen LogP contribution in [0.5, 0.6) is 0 Å². The average Bonchev–Trinajstić information content (AvgIpc) is 2.64. The van der Waals surface area contributed by atoms with E-state index in [-0.39, 0.29) is 23.4 Å². The van der Waals surface area contributed by atoms with E-state index in [2.05, 4.69) is 10.1 Å². The summed E-state index contributed by atoms with van der Waals surface area (Å²) in [5.74, 6) is -1.86. The van der Waals surface area contributed by atoms with Crippen LogP contribution in [0.2, 0.25) is 0 Å². The molecule has 0 spiro atoms. The third kappa shape index (κ3) is 5.27. The summed E-state index contributed by atoms with van der Waals surface area (Å²) in [5, 5.41) is 2.47. The van der Waals surface area contributed by atoms with Gasteiger partial charge in [0.1, 0.15) is 12.4 Å². The molecule has 0 aliphatic rings. The SMILES string of the molecule is COC(=O)c1ccccc1N(CC(=O)NCc1ccccc1F)S(C)(=O)=O. The summed E-state index contributed by atoms with van der Waals surface area (Å²) in [7, 11) is -2.71. The van der Waals surface area contributed by atoms with E-state index in [1.807, 2.05) is 0 Å². The number of amides is 1. The Bertz CT molecular complexity index is 946. The second-order valence-electron chi connectivity index (χ2n) is 5.65. The highest BCUT2D eigenvalue weighted by Crippen LogP contribution is 2.23. The van der Waals surface area contributed by atoms with Crippen molar-refractivity contribution in [2.75, 3.05) is 24.2 Å². The first-order valence-electron chi connectivity index (χ1n) is 7.89. The van der Waals surface area contributed by atoms with Crippen molar-refractivity contribution in [3.63, 3.8) is 0 Å². The van der Waals surface area contributed by atoms with Crippen LogP contribution in [0.25, 0.3) is 0 Å². The number of nitrogens with one attached hydrogen (secondary N) is 1. The molecule has 7 nitrogen and oxygen atoms in total. The Morgan fingerprint density at radius 2 is 1.74 bits per heavy atom. The van der Waals surface area contributed by atoms with Gasteiger partial charge in [-0.25, -0.2) is 17.6 Å². The van der Waals surface area contributed by atoms with E-state index in [4.69, 9.17) is 0 Å². The van der Waals surface area contributed by atoms with Gasteiger partial charge in [0.2, 0.25) is 15.9 Å². The Balaban J connectivity index is 2.23. The van der Waals surface area contributed by atoms with Crippen LogP contribution in [0.4, 0.5) is 10.1 Å². The minimum Gasteiger partial charge on any atom is -0.465 e. The highest BCUT2D eigenvalue weighted by atomic mass is 32.2. The molecule has 1 amide bonds. The second kappa shape index (κ2) is 8.63. The third-order valence-electron chi connectivity index (χ3n) is 3.70. The quantitative estimate of drug-likeness (QED) is 0.722. The molecule has 0 saturated carbocycles. The van der Waals surface area contributed by atoms with E-state index in [1.165, 1.54) is 43.5 Å². The summed E-state index contributed by atoms with van der Waals surface area (Å²) in [6.07, 6.45) is 0.922. The molecule has 0 heterocycles. The molecule has 0 bridgehead atoms.